The zero-order chi connectivity index (χ0) is 12.3. The van der Waals surface area contributed by atoms with E-state index in [0.717, 1.165) is 35.8 Å². The molecule has 5 heteroatoms. The van der Waals surface area contributed by atoms with Crippen LogP contribution in [0.25, 0.3) is 0 Å². The topological polar surface area (TPSA) is 48.4 Å². The van der Waals surface area contributed by atoms with Crippen molar-refractivity contribution >= 4 is 17.3 Å². The lowest BCUT2D eigenvalue weighted by Gasteiger charge is -2.21. The second-order valence-electron chi connectivity index (χ2n) is 4.20. The number of hydrogen-bond acceptors (Lipinski definition) is 5. The van der Waals surface area contributed by atoms with Gasteiger partial charge in [0.1, 0.15) is 0 Å². The third-order valence-electron chi connectivity index (χ3n) is 2.90. The lowest BCUT2D eigenvalue weighted by atomic mass is 10.1. The first-order chi connectivity index (χ1) is 8.20. The van der Waals surface area contributed by atoms with Crippen LogP contribution in [0.5, 0.6) is 0 Å². The first-order valence-corrected chi connectivity index (χ1v) is 6.68. The lowest BCUT2D eigenvalue weighted by Crippen LogP contribution is -2.21. The maximum Gasteiger partial charge on any atom is 0.357 e. The molecule has 0 aromatic carbocycles. The largest absolute Gasteiger partial charge is 0.464 e. The minimum absolute atomic E-state index is 0.264. The first-order valence-electron chi connectivity index (χ1n) is 5.87. The van der Waals surface area contributed by atoms with Crippen molar-refractivity contribution in [3.05, 3.63) is 15.6 Å². The monoisotopic (exact) mass is 255 g/mol. The van der Waals surface area contributed by atoms with Gasteiger partial charge in [0.25, 0.3) is 0 Å². The van der Waals surface area contributed by atoms with E-state index in [1.54, 1.807) is 11.3 Å². The van der Waals surface area contributed by atoms with Gasteiger partial charge in [0.2, 0.25) is 0 Å². The van der Waals surface area contributed by atoms with Gasteiger partial charge in [0.15, 0.2) is 5.69 Å². The van der Waals surface area contributed by atoms with Gasteiger partial charge in [-0.3, -0.25) is 0 Å². The summed E-state index contributed by atoms with van der Waals surface area (Å²) in [5.41, 5.74) is 0.448. The van der Waals surface area contributed by atoms with Gasteiger partial charge < -0.3 is 9.47 Å². The van der Waals surface area contributed by atoms with Crippen molar-refractivity contribution in [2.24, 2.45) is 0 Å². The predicted octanol–water partition coefficient (Wildman–Crippen LogP) is 2.35. The molecule has 1 aromatic rings. The van der Waals surface area contributed by atoms with Crippen LogP contribution in [0.2, 0.25) is 0 Å². The molecule has 4 nitrogen and oxygen atoms in total. The molecule has 2 rings (SSSR count). The molecular formula is C12H17NO3S. The average molecular weight is 255 g/mol. The molecule has 1 aromatic heterocycles. The predicted molar refractivity (Wildman–Crippen MR) is 65.5 cm³/mol. The highest BCUT2D eigenvalue weighted by molar-refractivity contribution is 7.11. The normalized spacial score (nSPS) is 20.2. The highest BCUT2D eigenvalue weighted by Gasteiger charge is 2.20. The summed E-state index contributed by atoms with van der Waals surface area (Å²) < 4.78 is 10.4. The SMILES string of the molecule is COC(=O)c1nc(CC2CCCCO2)sc1C. The minimum Gasteiger partial charge on any atom is -0.464 e. The zero-order valence-corrected chi connectivity index (χ0v) is 11.0. The summed E-state index contributed by atoms with van der Waals surface area (Å²) in [5.74, 6) is -0.352. The van der Waals surface area contributed by atoms with Crippen LogP contribution < -0.4 is 0 Å². The van der Waals surface area contributed by atoms with E-state index < -0.39 is 0 Å². The number of thiazole rings is 1. The molecule has 1 fully saturated rings. The van der Waals surface area contributed by atoms with Gasteiger partial charge in [-0.1, -0.05) is 0 Å². The van der Waals surface area contributed by atoms with Gasteiger partial charge in [-0.25, -0.2) is 9.78 Å². The molecule has 1 unspecified atom stereocenters. The Morgan fingerprint density at radius 3 is 3.06 bits per heavy atom. The van der Waals surface area contributed by atoms with Gasteiger partial charge in [0.05, 0.1) is 18.2 Å². The minimum atomic E-state index is -0.352. The van der Waals surface area contributed by atoms with Crippen molar-refractivity contribution in [1.82, 2.24) is 4.98 Å². The van der Waals surface area contributed by atoms with Crippen LogP contribution in [0.3, 0.4) is 0 Å². The molecule has 2 heterocycles. The number of hydrogen-bond donors (Lipinski definition) is 0. The van der Waals surface area contributed by atoms with Crippen molar-refractivity contribution in [3.63, 3.8) is 0 Å². The van der Waals surface area contributed by atoms with E-state index >= 15 is 0 Å². The number of esters is 1. The van der Waals surface area contributed by atoms with Crippen LogP contribution in [0.4, 0.5) is 0 Å². The molecule has 0 N–H and O–H groups in total. The Morgan fingerprint density at radius 1 is 1.59 bits per heavy atom. The fourth-order valence-corrected chi connectivity index (χ4v) is 2.97. The van der Waals surface area contributed by atoms with Crippen LogP contribution in [-0.4, -0.2) is 30.8 Å². The number of methoxy groups -OCH3 is 1. The standard InChI is InChI=1S/C12H17NO3S/c1-8-11(12(14)15-2)13-10(17-8)7-9-5-3-4-6-16-9/h9H,3-7H2,1-2H3. The molecule has 0 spiro atoms. The van der Waals surface area contributed by atoms with Crippen molar-refractivity contribution in [2.75, 3.05) is 13.7 Å². The molecular weight excluding hydrogens is 238 g/mol. The van der Waals surface area contributed by atoms with Crippen LogP contribution in [0.1, 0.15) is 39.6 Å². The Labute approximate surface area is 105 Å². The van der Waals surface area contributed by atoms with Crippen molar-refractivity contribution < 1.29 is 14.3 Å². The maximum atomic E-state index is 11.4. The van der Waals surface area contributed by atoms with Gasteiger partial charge in [-0.05, 0) is 26.2 Å². The number of rotatable bonds is 3. The molecule has 0 bridgehead atoms. The third-order valence-corrected chi connectivity index (χ3v) is 3.89. The van der Waals surface area contributed by atoms with Crippen LogP contribution in [-0.2, 0) is 15.9 Å². The third kappa shape index (κ3) is 3.04. The molecule has 0 amide bonds. The lowest BCUT2D eigenvalue weighted by molar-refractivity contribution is 0.0167. The second kappa shape index (κ2) is 5.60. The Hall–Kier alpha value is -0.940. The summed E-state index contributed by atoms with van der Waals surface area (Å²) in [6, 6.07) is 0. The Morgan fingerprint density at radius 2 is 2.41 bits per heavy atom. The van der Waals surface area contributed by atoms with E-state index in [4.69, 9.17) is 9.47 Å². The number of aryl methyl sites for hydroxylation is 1. The summed E-state index contributed by atoms with van der Waals surface area (Å²) in [7, 11) is 1.38. The highest BCUT2D eigenvalue weighted by Crippen LogP contribution is 2.23. The summed E-state index contributed by atoms with van der Waals surface area (Å²) in [5, 5.41) is 0.967. The summed E-state index contributed by atoms with van der Waals surface area (Å²) in [6.45, 7) is 2.74. The molecule has 0 saturated carbocycles. The molecule has 1 aliphatic heterocycles. The Kier molecular flexibility index (Phi) is 4.12. The van der Waals surface area contributed by atoms with E-state index in [0.29, 0.717) is 5.69 Å². The number of aromatic nitrogens is 1. The van der Waals surface area contributed by atoms with E-state index in [2.05, 4.69) is 4.98 Å². The molecule has 17 heavy (non-hydrogen) atoms. The van der Waals surface area contributed by atoms with Gasteiger partial charge in [-0.15, -0.1) is 11.3 Å². The average Bonchev–Trinajstić information content (AvgIpc) is 2.70. The van der Waals surface area contributed by atoms with Crippen LogP contribution in [0.15, 0.2) is 0 Å². The Balaban J connectivity index is 2.03. The fraction of sp³-hybridized carbons (Fsp3) is 0.667. The summed E-state index contributed by atoms with van der Waals surface area (Å²) in [6.07, 6.45) is 4.54. The molecule has 0 aliphatic carbocycles. The first kappa shape index (κ1) is 12.5. The van der Waals surface area contributed by atoms with Crippen LogP contribution in [0, 0.1) is 6.92 Å². The number of carbonyl (C=O) groups excluding carboxylic acids is 1. The second-order valence-corrected chi connectivity index (χ2v) is 5.48. The Bertz CT molecular complexity index is 396. The molecule has 1 aliphatic rings. The van der Waals surface area contributed by atoms with E-state index in [1.807, 2.05) is 6.92 Å². The van der Waals surface area contributed by atoms with E-state index in [-0.39, 0.29) is 12.1 Å². The zero-order valence-electron chi connectivity index (χ0n) is 10.2. The number of nitrogens with zero attached hydrogens (tertiary/aromatic N) is 1. The molecule has 94 valence electrons. The van der Waals surface area contributed by atoms with E-state index in [9.17, 15) is 4.79 Å². The highest BCUT2D eigenvalue weighted by atomic mass is 32.1. The smallest absolute Gasteiger partial charge is 0.357 e. The quantitative estimate of drug-likeness (QED) is 0.778. The molecule has 1 atom stereocenters. The van der Waals surface area contributed by atoms with Crippen molar-refractivity contribution in [2.45, 2.75) is 38.7 Å². The summed E-state index contributed by atoms with van der Waals surface area (Å²) >= 11 is 1.56. The number of ether oxygens (including phenoxy) is 2. The molecule has 1 saturated heterocycles. The van der Waals surface area contributed by atoms with Crippen molar-refractivity contribution in [3.8, 4) is 0 Å². The maximum absolute atomic E-state index is 11.4. The summed E-state index contributed by atoms with van der Waals surface area (Å²) in [4.78, 5) is 16.7. The van der Waals surface area contributed by atoms with Crippen molar-refractivity contribution in [1.29, 1.82) is 0 Å². The van der Waals surface area contributed by atoms with Gasteiger partial charge in [0, 0.05) is 17.9 Å². The molecule has 0 radical (unpaired) electrons. The van der Waals surface area contributed by atoms with Crippen LogP contribution >= 0.6 is 11.3 Å². The number of carbonyl (C=O) groups is 1. The fourth-order valence-electron chi connectivity index (χ4n) is 1.99. The van der Waals surface area contributed by atoms with E-state index in [1.165, 1.54) is 13.5 Å². The van der Waals surface area contributed by atoms with Gasteiger partial charge >= 0.3 is 5.97 Å². The van der Waals surface area contributed by atoms with Gasteiger partial charge in [-0.2, -0.15) is 0 Å².